The van der Waals surface area contributed by atoms with Crippen molar-refractivity contribution in [3.8, 4) is 0 Å². The summed E-state index contributed by atoms with van der Waals surface area (Å²) in [7, 11) is 0. The second kappa shape index (κ2) is 4.07. The highest BCUT2D eigenvalue weighted by Gasteiger charge is 2.06. The largest absolute Gasteiger partial charge is 0.394 e. The van der Waals surface area contributed by atoms with Crippen molar-refractivity contribution in [2.75, 3.05) is 12.3 Å². The maximum Gasteiger partial charge on any atom is 0.328 e. The molecule has 1 aromatic rings. The molecule has 7 heteroatoms. The third-order valence-corrected chi connectivity index (χ3v) is 1.66. The average molecular weight is 201 g/mol. The Hall–Kier alpha value is -1.60. The van der Waals surface area contributed by atoms with Gasteiger partial charge in [0.25, 0.3) is 5.56 Å². The minimum atomic E-state index is -1.06. The maximum absolute atomic E-state index is 11.1. The molecule has 0 bridgehead atoms. The van der Waals surface area contributed by atoms with Crippen molar-refractivity contribution >= 4 is 5.69 Å². The number of aliphatic hydroxyl groups is 2. The fourth-order valence-electron chi connectivity index (χ4n) is 0.947. The van der Waals surface area contributed by atoms with Crippen LogP contribution in [0.3, 0.4) is 0 Å². The van der Waals surface area contributed by atoms with Crippen LogP contribution in [0, 0.1) is 0 Å². The van der Waals surface area contributed by atoms with E-state index in [9.17, 15) is 9.59 Å². The Labute approximate surface area is 78.4 Å². The molecule has 1 unspecified atom stereocenters. The molecule has 7 nitrogen and oxygen atoms in total. The lowest BCUT2D eigenvalue weighted by molar-refractivity contribution is 0.0800. The van der Waals surface area contributed by atoms with Gasteiger partial charge in [0.1, 0.15) is 5.69 Å². The minimum Gasteiger partial charge on any atom is -0.394 e. The Morgan fingerprint density at radius 1 is 1.57 bits per heavy atom. The van der Waals surface area contributed by atoms with Crippen LogP contribution in [-0.4, -0.2) is 32.5 Å². The van der Waals surface area contributed by atoms with Crippen LogP contribution in [0.1, 0.15) is 0 Å². The molecule has 1 aromatic heterocycles. The van der Waals surface area contributed by atoms with Gasteiger partial charge in [-0.1, -0.05) is 0 Å². The van der Waals surface area contributed by atoms with E-state index in [-0.39, 0.29) is 12.2 Å². The summed E-state index contributed by atoms with van der Waals surface area (Å²) in [6.07, 6.45) is 0.0676. The molecule has 0 aliphatic heterocycles. The van der Waals surface area contributed by atoms with Crippen LogP contribution >= 0.6 is 0 Å². The van der Waals surface area contributed by atoms with Crippen molar-refractivity contribution < 1.29 is 10.2 Å². The van der Waals surface area contributed by atoms with Gasteiger partial charge in [0.05, 0.1) is 19.3 Å². The Morgan fingerprint density at radius 3 is 2.79 bits per heavy atom. The van der Waals surface area contributed by atoms with E-state index in [1.54, 1.807) is 0 Å². The highest BCUT2D eigenvalue weighted by Crippen LogP contribution is 1.90. The highest BCUT2D eigenvalue weighted by atomic mass is 16.3. The van der Waals surface area contributed by atoms with E-state index in [1.165, 1.54) is 0 Å². The number of anilines is 1. The van der Waals surface area contributed by atoms with E-state index in [0.717, 1.165) is 10.8 Å². The number of nitrogen functional groups attached to an aromatic ring is 1. The van der Waals surface area contributed by atoms with E-state index in [4.69, 9.17) is 15.9 Å². The van der Waals surface area contributed by atoms with Crippen LogP contribution in [0.2, 0.25) is 0 Å². The van der Waals surface area contributed by atoms with Crippen molar-refractivity contribution in [1.29, 1.82) is 0 Å². The first-order valence-corrected chi connectivity index (χ1v) is 3.92. The van der Waals surface area contributed by atoms with E-state index in [1.807, 2.05) is 4.98 Å². The first kappa shape index (κ1) is 10.5. The van der Waals surface area contributed by atoms with Crippen LogP contribution in [0.25, 0.3) is 0 Å². The van der Waals surface area contributed by atoms with E-state index in [2.05, 4.69) is 0 Å². The number of H-pyrrole nitrogens is 1. The lowest BCUT2D eigenvalue weighted by Gasteiger charge is -2.09. The maximum atomic E-state index is 11.1. The minimum absolute atomic E-state index is 0.115. The van der Waals surface area contributed by atoms with Gasteiger partial charge in [0.2, 0.25) is 0 Å². The predicted octanol–water partition coefficient (Wildman–Crippen LogP) is -2.53. The molecule has 0 fully saturated rings. The number of aromatic amines is 1. The number of nitrogens with two attached hydrogens (primary N) is 1. The number of aliphatic hydroxyl groups excluding tert-OH is 2. The summed E-state index contributed by atoms with van der Waals surface area (Å²) in [4.78, 5) is 23.9. The molecular formula is C7H11N3O4. The zero-order valence-corrected chi connectivity index (χ0v) is 7.30. The second-order valence-corrected chi connectivity index (χ2v) is 2.83. The van der Waals surface area contributed by atoms with Crippen LogP contribution < -0.4 is 17.0 Å². The van der Waals surface area contributed by atoms with Gasteiger partial charge in [-0.05, 0) is 0 Å². The highest BCUT2D eigenvalue weighted by molar-refractivity contribution is 5.30. The Balaban J connectivity index is 3.04. The van der Waals surface area contributed by atoms with Gasteiger partial charge in [0, 0.05) is 6.20 Å². The first-order chi connectivity index (χ1) is 6.54. The van der Waals surface area contributed by atoms with Crippen molar-refractivity contribution in [3.63, 3.8) is 0 Å². The van der Waals surface area contributed by atoms with Crippen molar-refractivity contribution in [2.45, 2.75) is 12.6 Å². The Bertz CT molecular complexity index is 422. The Morgan fingerprint density at radius 2 is 2.21 bits per heavy atom. The molecule has 1 heterocycles. The molecule has 0 saturated carbocycles. The van der Waals surface area contributed by atoms with Crippen molar-refractivity contribution in [3.05, 3.63) is 27.0 Å². The number of nitrogens with one attached hydrogen (secondary N) is 1. The second-order valence-electron chi connectivity index (χ2n) is 2.83. The monoisotopic (exact) mass is 201 g/mol. The van der Waals surface area contributed by atoms with Crippen LogP contribution in [0.5, 0.6) is 0 Å². The van der Waals surface area contributed by atoms with E-state index in [0.29, 0.717) is 0 Å². The number of rotatable bonds is 3. The lowest BCUT2D eigenvalue weighted by atomic mass is 10.4. The quantitative estimate of drug-likeness (QED) is 0.429. The first-order valence-electron chi connectivity index (χ1n) is 3.92. The lowest BCUT2D eigenvalue weighted by Crippen LogP contribution is -2.34. The number of hydrogen-bond acceptors (Lipinski definition) is 5. The fourth-order valence-corrected chi connectivity index (χ4v) is 0.947. The molecule has 0 aliphatic carbocycles. The van der Waals surface area contributed by atoms with Crippen LogP contribution in [-0.2, 0) is 6.54 Å². The molecule has 0 aromatic carbocycles. The molecule has 1 rings (SSSR count). The van der Waals surface area contributed by atoms with Crippen LogP contribution in [0.4, 0.5) is 5.69 Å². The van der Waals surface area contributed by atoms with E-state index < -0.39 is 24.0 Å². The summed E-state index contributed by atoms with van der Waals surface area (Å²) in [5, 5.41) is 17.6. The summed E-state index contributed by atoms with van der Waals surface area (Å²) in [6.45, 7) is -0.582. The van der Waals surface area contributed by atoms with Gasteiger partial charge < -0.3 is 15.9 Å². The molecule has 5 N–H and O–H groups in total. The SMILES string of the molecule is Nc1cn(CC(O)CO)c(=O)[nH]c1=O. The van der Waals surface area contributed by atoms with Gasteiger partial charge in [-0.2, -0.15) is 0 Å². The molecule has 14 heavy (non-hydrogen) atoms. The molecule has 0 aliphatic rings. The number of nitrogens with zero attached hydrogens (tertiary/aromatic N) is 1. The topological polar surface area (TPSA) is 121 Å². The molecule has 1 atom stereocenters. The zero-order valence-electron chi connectivity index (χ0n) is 7.30. The fraction of sp³-hybridized carbons (Fsp3) is 0.429. The third kappa shape index (κ3) is 2.21. The average Bonchev–Trinajstić information content (AvgIpc) is 2.14. The summed E-state index contributed by atoms with van der Waals surface area (Å²) in [5.74, 6) is 0. The molecule has 0 radical (unpaired) electrons. The molecule has 0 amide bonds. The zero-order chi connectivity index (χ0) is 10.7. The van der Waals surface area contributed by atoms with Crippen molar-refractivity contribution in [2.24, 2.45) is 0 Å². The number of aromatic nitrogens is 2. The Kier molecular flexibility index (Phi) is 3.05. The third-order valence-electron chi connectivity index (χ3n) is 1.66. The van der Waals surface area contributed by atoms with Gasteiger partial charge >= 0.3 is 5.69 Å². The standard InChI is InChI=1S/C7H11N3O4/c8-5-2-10(1-4(12)3-11)7(14)9-6(5)13/h2,4,11-12H,1,3,8H2,(H,9,13,14). The summed E-state index contributed by atoms with van der Waals surface area (Å²) in [5.41, 5.74) is 3.81. The van der Waals surface area contributed by atoms with Gasteiger partial charge in [0.15, 0.2) is 0 Å². The van der Waals surface area contributed by atoms with Crippen molar-refractivity contribution in [1.82, 2.24) is 9.55 Å². The molecule has 0 saturated heterocycles. The predicted molar refractivity (Wildman–Crippen MR) is 48.8 cm³/mol. The molecule has 0 spiro atoms. The molecular weight excluding hydrogens is 190 g/mol. The van der Waals surface area contributed by atoms with Gasteiger partial charge in [-0.3, -0.25) is 14.3 Å². The summed E-state index contributed by atoms with van der Waals surface area (Å²) >= 11 is 0. The van der Waals surface area contributed by atoms with Gasteiger partial charge in [-0.25, -0.2) is 4.79 Å². The summed E-state index contributed by atoms with van der Waals surface area (Å²) in [6, 6.07) is 0. The van der Waals surface area contributed by atoms with Gasteiger partial charge in [-0.15, -0.1) is 0 Å². The molecule has 78 valence electrons. The normalized spacial score (nSPS) is 12.7. The van der Waals surface area contributed by atoms with Crippen LogP contribution in [0.15, 0.2) is 15.8 Å². The summed E-state index contributed by atoms with van der Waals surface area (Å²) < 4.78 is 1.03. The smallest absolute Gasteiger partial charge is 0.328 e. The number of hydrogen-bond donors (Lipinski definition) is 4. The van der Waals surface area contributed by atoms with E-state index >= 15 is 0 Å².